The molecule has 156 valence electrons. The van der Waals surface area contributed by atoms with Gasteiger partial charge < -0.3 is 19.7 Å². The minimum Gasteiger partial charge on any atom is -0.357 e. The van der Waals surface area contributed by atoms with Crippen molar-refractivity contribution in [2.24, 2.45) is 10.9 Å². The smallest absolute Gasteiger partial charge is 0.193 e. The summed E-state index contributed by atoms with van der Waals surface area (Å²) in [7, 11) is 1.87. The molecule has 0 spiro atoms. The minimum atomic E-state index is 0.427. The molecule has 2 saturated heterocycles. The van der Waals surface area contributed by atoms with Crippen LogP contribution in [0.2, 0.25) is 0 Å². The van der Waals surface area contributed by atoms with Crippen LogP contribution in [0.4, 0.5) is 5.82 Å². The van der Waals surface area contributed by atoms with E-state index < -0.39 is 0 Å². The molecular weight excluding hydrogens is 362 g/mol. The summed E-state index contributed by atoms with van der Waals surface area (Å²) in [6.45, 7) is 7.31. The van der Waals surface area contributed by atoms with Crippen molar-refractivity contribution >= 4 is 11.8 Å². The third kappa shape index (κ3) is 4.71. The van der Waals surface area contributed by atoms with E-state index in [-0.39, 0.29) is 0 Å². The van der Waals surface area contributed by atoms with Gasteiger partial charge in [0.2, 0.25) is 0 Å². The zero-order chi connectivity index (χ0) is 20.1. The Balaban J connectivity index is 1.38. The average Bonchev–Trinajstić information content (AvgIpc) is 3.31. The molecule has 2 aromatic rings. The number of aliphatic imine (C=N–C) groups is 1. The van der Waals surface area contributed by atoms with Crippen LogP contribution in [0.15, 0.2) is 42.0 Å². The first kappa shape index (κ1) is 19.7. The third-order valence-corrected chi connectivity index (χ3v) is 6.28. The van der Waals surface area contributed by atoms with Gasteiger partial charge in [0.1, 0.15) is 5.82 Å². The Hall–Kier alpha value is -2.57. The number of hydrogen-bond donors (Lipinski definition) is 1. The highest BCUT2D eigenvalue weighted by atomic mass is 15.3. The quantitative estimate of drug-likeness (QED) is 0.637. The Morgan fingerprint density at radius 1 is 1.21 bits per heavy atom. The molecule has 0 aromatic carbocycles. The van der Waals surface area contributed by atoms with E-state index in [1.165, 1.54) is 24.8 Å². The largest absolute Gasteiger partial charge is 0.357 e. The monoisotopic (exact) mass is 395 g/mol. The molecule has 2 fully saturated rings. The number of guanidine groups is 1. The number of rotatable bonds is 4. The van der Waals surface area contributed by atoms with Crippen molar-refractivity contribution in [2.75, 3.05) is 38.1 Å². The Labute approximate surface area is 173 Å². The average molecular weight is 396 g/mol. The van der Waals surface area contributed by atoms with Crippen LogP contribution in [-0.4, -0.2) is 58.6 Å². The predicted molar refractivity (Wildman–Crippen MR) is 117 cm³/mol. The van der Waals surface area contributed by atoms with Gasteiger partial charge in [0.05, 0.1) is 12.4 Å². The van der Waals surface area contributed by atoms with Gasteiger partial charge in [-0.3, -0.25) is 4.99 Å². The van der Waals surface area contributed by atoms with Crippen LogP contribution in [0, 0.1) is 5.92 Å². The molecule has 2 unspecified atom stereocenters. The first-order valence-corrected chi connectivity index (χ1v) is 10.9. The summed E-state index contributed by atoms with van der Waals surface area (Å²) >= 11 is 0. The first-order chi connectivity index (χ1) is 14.2. The fourth-order valence-electron chi connectivity index (χ4n) is 4.47. The van der Waals surface area contributed by atoms with Crippen LogP contribution in [0.3, 0.4) is 0 Å². The van der Waals surface area contributed by atoms with Crippen LogP contribution in [0.1, 0.15) is 44.2 Å². The van der Waals surface area contributed by atoms with Gasteiger partial charge in [-0.25, -0.2) is 9.97 Å². The highest BCUT2D eigenvalue weighted by Gasteiger charge is 2.28. The van der Waals surface area contributed by atoms with Gasteiger partial charge in [-0.1, -0.05) is 6.92 Å². The van der Waals surface area contributed by atoms with E-state index in [2.05, 4.69) is 59.9 Å². The number of aromatic nitrogens is 3. The Bertz CT molecular complexity index is 795. The second-order valence-corrected chi connectivity index (χ2v) is 8.26. The number of imidazole rings is 1. The normalized spacial score (nSPS) is 23.3. The Morgan fingerprint density at radius 3 is 2.83 bits per heavy atom. The van der Waals surface area contributed by atoms with E-state index in [1.807, 2.05) is 25.8 Å². The Morgan fingerprint density at radius 2 is 2.07 bits per heavy atom. The van der Waals surface area contributed by atoms with Crippen molar-refractivity contribution in [1.29, 1.82) is 0 Å². The number of hydrogen-bond acceptors (Lipinski definition) is 4. The second-order valence-electron chi connectivity index (χ2n) is 8.26. The van der Waals surface area contributed by atoms with Crippen molar-refractivity contribution < 1.29 is 0 Å². The topological polar surface area (TPSA) is 61.6 Å². The van der Waals surface area contributed by atoms with Gasteiger partial charge in [-0.05, 0) is 49.3 Å². The lowest BCUT2D eigenvalue weighted by atomic mass is 9.93. The summed E-state index contributed by atoms with van der Waals surface area (Å²) in [4.78, 5) is 18.2. The van der Waals surface area contributed by atoms with E-state index in [9.17, 15) is 0 Å². The van der Waals surface area contributed by atoms with E-state index in [4.69, 9.17) is 0 Å². The van der Waals surface area contributed by atoms with Crippen LogP contribution < -0.4 is 10.2 Å². The van der Waals surface area contributed by atoms with Crippen molar-refractivity contribution in [1.82, 2.24) is 24.8 Å². The lowest BCUT2D eigenvalue weighted by Crippen LogP contribution is -2.48. The molecule has 0 radical (unpaired) electrons. The summed E-state index contributed by atoms with van der Waals surface area (Å²) in [5.74, 6) is 2.70. The van der Waals surface area contributed by atoms with Crippen LogP contribution in [0.25, 0.3) is 0 Å². The van der Waals surface area contributed by atoms with Gasteiger partial charge in [-0.15, -0.1) is 0 Å². The Kier molecular flexibility index (Phi) is 6.32. The molecule has 2 aliphatic rings. The molecule has 1 N–H and O–H groups in total. The SMILES string of the molecule is CN=C(NCc1ccnc(N2CCCCC2)c1)N1CCC(C)C(n2ccnc2)C1. The maximum Gasteiger partial charge on any atom is 0.193 e. The van der Waals surface area contributed by atoms with E-state index >= 15 is 0 Å². The number of likely N-dealkylation sites (tertiary alicyclic amines) is 1. The zero-order valence-corrected chi connectivity index (χ0v) is 17.7. The molecule has 7 heteroatoms. The van der Waals surface area contributed by atoms with E-state index in [0.717, 1.165) is 50.9 Å². The van der Waals surface area contributed by atoms with Crippen molar-refractivity contribution in [3.63, 3.8) is 0 Å². The molecule has 29 heavy (non-hydrogen) atoms. The van der Waals surface area contributed by atoms with Crippen LogP contribution in [0.5, 0.6) is 0 Å². The fourth-order valence-corrected chi connectivity index (χ4v) is 4.47. The van der Waals surface area contributed by atoms with Crippen LogP contribution in [-0.2, 0) is 6.54 Å². The number of nitrogens with zero attached hydrogens (tertiary/aromatic N) is 6. The highest BCUT2D eigenvalue weighted by Crippen LogP contribution is 2.27. The standard InChI is InChI=1S/C22H33N7/c1-18-7-12-28(16-20(18)29-13-9-24-17-29)22(23-2)26-15-19-6-8-25-21(14-19)27-10-4-3-5-11-27/h6,8-9,13-14,17-18,20H,3-5,7,10-12,15-16H2,1-2H3,(H,23,26). The summed E-state index contributed by atoms with van der Waals surface area (Å²) in [5.41, 5.74) is 1.25. The summed E-state index contributed by atoms with van der Waals surface area (Å²) in [6.07, 6.45) is 12.8. The van der Waals surface area contributed by atoms with E-state index in [1.54, 1.807) is 0 Å². The molecule has 0 amide bonds. The molecule has 2 atom stereocenters. The molecular formula is C22H33N7. The van der Waals surface area contributed by atoms with E-state index in [0.29, 0.717) is 12.0 Å². The number of piperidine rings is 2. The number of pyridine rings is 1. The zero-order valence-electron chi connectivity index (χ0n) is 17.7. The molecule has 4 heterocycles. The van der Waals surface area contributed by atoms with Crippen LogP contribution >= 0.6 is 0 Å². The molecule has 4 rings (SSSR count). The van der Waals surface area contributed by atoms with Crippen molar-refractivity contribution in [3.8, 4) is 0 Å². The first-order valence-electron chi connectivity index (χ1n) is 10.9. The van der Waals surface area contributed by atoms with Gasteiger partial charge in [0.15, 0.2) is 5.96 Å². The maximum absolute atomic E-state index is 4.60. The van der Waals surface area contributed by atoms with Gasteiger partial charge in [0.25, 0.3) is 0 Å². The van der Waals surface area contributed by atoms with Crippen molar-refractivity contribution in [3.05, 3.63) is 42.6 Å². The second kappa shape index (κ2) is 9.29. The molecule has 0 saturated carbocycles. The summed E-state index contributed by atoms with van der Waals surface area (Å²) in [6, 6.07) is 4.75. The molecule has 0 aliphatic carbocycles. The van der Waals surface area contributed by atoms with Gasteiger partial charge >= 0.3 is 0 Å². The lowest BCUT2D eigenvalue weighted by Gasteiger charge is -2.39. The van der Waals surface area contributed by atoms with Crippen molar-refractivity contribution in [2.45, 2.75) is 45.2 Å². The number of nitrogens with one attached hydrogen (secondary N) is 1. The summed E-state index contributed by atoms with van der Waals surface area (Å²) < 4.78 is 2.23. The maximum atomic E-state index is 4.60. The minimum absolute atomic E-state index is 0.427. The molecule has 7 nitrogen and oxygen atoms in total. The number of anilines is 1. The highest BCUT2D eigenvalue weighted by molar-refractivity contribution is 5.80. The summed E-state index contributed by atoms with van der Waals surface area (Å²) in [5, 5.41) is 3.57. The third-order valence-electron chi connectivity index (χ3n) is 6.28. The van der Waals surface area contributed by atoms with Gasteiger partial charge in [-0.2, -0.15) is 0 Å². The van der Waals surface area contributed by atoms with Gasteiger partial charge in [0, 0.05) is 58.4 Å². The predicted octanol–water partition coefficient (Wildman–Crippen LogP) is 2.93. The fraction of sp³-hybridized carbons (Fsp3) is 0.591. The lowest BCUT2D eigenvalue weighted by molar-refractivity contribution is 0.189. The molecule has 0 bridgehead atoms. The molecule has 2 aromatic heterocycles. The molecule has 2 aliphatic heterocycles.